The topological polar surface area (TPSA) is 17.1 Å². The number of carbonyl (C=O) groups excluding carboxylic acids is 1. The third kappa shape index (κ3) is 1.78. The van der Waals surface area contributed by atoms with Crippen molar-refractivity contribution in [2.75, 3.05) is 0 Å². The SMILES string of the molecule is CC1(C)C(C=C(Cl)Cl)[C@H]1C(=O)Cl. The lowest BCUT2D eigenvalue weighted by molar-refractivity contribution is -0.113. The van der Waals surface area contributed by atoms with E-state index in [0.717, 1.165) is 0 Å². The molecule has 68 valence electrons. The molecule has 2 atom stereocenters. The summed E-state index contributed by atoms with van der Waals surface area (Å²) < 4.78 is 0.202. The van der Waals surface area contributed by atoms with Gasteiger partial charge in [0.15, 0.2) is 0 Å². The molecule has 1 aliphatic rings. The van der Waals surface area contributed by atoms with Crippen molar-refractivity contribution >= 4 is 40.0 Å². The van der Waals surface area contributed by atoms with Crippen LogP contribution in [-0.2, 0) is 4.79 Å². The zero-order chi connectivity index (χ0) is 9.52. The summed E-state index contributed by atoms with van der Waals surface area (Å²) in [5.74, 6) is -0.0424. The fourth-order valence-corrected chi connectivity index (χ4v) is 2.25. The molecule has 0 radical (unpaired) electrons. The summed E-state index contributed by atoms with van der Waals surface area (Å²) in [6.45, 7) is 3.94. The van der Waals surface area contributed by atoms with Gasteiger partial charge in [0.2, 0.25) is 5.24 Å². The highest BCUT2D eigenvalue weighted by Crippen LogP contribution is 2.60. The van der Waals surface area contributed by atoms with Crippen LogP contribution in [0.15, 0.2) is 10.6 Å². The largest absolute Gasteiger partial charge is 0.281 e. The van der Waals surface area contributed by atoms with Gasteiger partial charge in [-0.2, -0.15) is 0 Å². The van der Waals surface area contributed by atoms with Gasteiger partial charge in [0.25, 0.3) is 0 Å². The maximum atomic E-state index is 10.9. The molecule has 0 bridgehead atoms. The van der Waals surface area contributed by atoms with Crippen molar-refractivity contribution in [3.63, 3.8) is 0 Å². The standard InChI is InChI=1S/C8H9Cl3O/c1-8(2)4(3-5(9)10)6(8)7(11)12/h3-4,6H,1-2H3/t4?,6-/m0/s1. The van der Waals surface area contributed by atoms with E-state index < -0.39 is 0 Å². The molecule has 0 aromatic carbocycles. The maximum absolute atomic E-state index is 10.9. The Bertz CT molecular complexity index is 241. The lowest BCUT2D eigenvalue weighted by atomic mass is 10.1. The molecule has 1 nitrogen and oxygen atoms in total. The summed E-state index contributed by atoms with van der Waals surface area (Å²) in [5, 5.41) is -0.309. The van der Waals surface area contributed by atoms with Gasteiger partial charge in [0, 0.05) is 5.92 Å². The Hall–Kier alpha value is 0.280. The summed E-state index contributed by atoms with van der Waals surface area (Å²) in [7, 11) is 0. The second kappa shape index (κ2) is 3.21. The van der Waals surface area contributed by atoms with E-state index in [1.54, 1.807) is 6.08 Å². The van der Waals surface area contributed by atoms with Crippen LogP contribution in [0, 0.1) is 17.3 Å². The van der Waals surface area contributed by atoms with E-state index >= 15 is 0 Å². The molecule has 12 heavy (non-hydrogen) atoms. The zero-order valence-electron chi connectivity index (χ0n) is 6.77. The molecule has 0 aliphatic heterocycles. The first kappa shape index (κ1) is 10.4. The van der Waals surface area contributed by atoms with Gasteiger partial charge in [-0.3, -0.25) is 4.79 Å². The first-order valence-corrected chi connectivity index (χ1v) is 4.73. The van der Waals surface area contributed by atoms with Crippen molar-refractivity contribution < 1.29 is 4.79 Å². The number of halogens is 3. The Morgan fingerprint density at radius 3 is 2.08 bits per heavy atom. The summed E-state index contributed by atoms with van der Waals surface area (Å²) in [6.07, 6.45) is 1.67. The minimum Gasteiger partial charge on any atom is -0.281 e. The molecule has 0 amide bonds. The Morgan fingerprint density at radius 2 is 1.83 bits per heavy atom. The Kier molecular flexibility index (Phi) is 2.77. The van der Waals surface area contributed by atoms with Crippen LogP contribution in [0.4, 0.5) is 0 Å². The summed E-state index contributed by atoms with van der Waals surface area (Å²) in [5.41, 5.74) is -0.0894. The molecular weight excluding hydrogens is 218 g/mol. The third-order valence-corrected chi connectivity index (χ3v) is 2.95. The zero-order valence-corrected chi connectivity index (χ0v) is 9.04. The van der Waals surface area contributed by atoms with E-state index in [0.29, 0.717) is 0 Å². The first-order chi connectivity index (χ1) is 5.37. The molecule has 0 spiro atoms. The fourth-order valence-electron chi connectivity index (χ4n) is 1.56. The number of rotatable bonds is 2. The fraction of sp³-hybridized carbons (Fsp3) is 0.625. The molecule has 0 heterocycles. The van der Waals surface area contributed by atoms with E-state index in [9.17, 15) is 4.79 Å². The highest BCUT2D eigenvalue weighted by Gasteiger charge is 2.60. The normalized spacial score (nSPS) is 31.1. The van der Waals surface area contributed by atoms with E-state index in [1.807, 2.05) is 13.8 Å². The van der Waals surface area contributed by atoms with Crippen LogP contribution in [0.3, 0.4) is 0 Å². The van der Waals surface area contributed by atoms with Gasteiger partial charge >= 0.3 is 0 Å². The quantitative estimate of drug-likeness (QED) is 0.661. The van der Waals surface area contributed by atoms with Crippen LogP contribution in [0.25, 0.3) is 0 Å². The molecule has 1 unspecified atom stereocenters. The molecule has 1 aliphatic carbocycles. The van der Waals surface area contributed by atoms with Gasteiger partial charge in [-0.15, -0.1) is 0 Å². The molecule has 0 aromatic heterocycles. The van der Waals surface area contributed by atoms with Crippen molar-refractivity contribution in [2.45, 2.75) is 13.8 Å². The van der Waals surface area contributed by atoms with E-state index in [4.69, 9.17) is 34.8 Å². The average molecular weight is 228 g/mol. The van der Waals surface area contributed by atoms with Crippen molar-refractivity contribution in [2.24, 2.45) is 17.3 Å². The van der Waals surface area contributed by atoms with Crippen LogP contribution in [0.5, 0.6) is 0 Å². The van der Waals surface area contributed by atoms with Crippen LogP contribution >= 0.6 is 34.8 Å². The van der Waals surface area contributed by atoms with Crippen molar-refractivity contribution in [1.82, 2.24) is 0 Å². The van der Waals surface area contributed by atoms with Gasteiger partial charge in [-0.1, -0.05) is 37.0 Å². The lowest BCUT2D eigenvalue weighted by Gasteiger charge is -1.96. The van der Waals surface area contributed by atoms with E-state index in [1.165, 1.54) is 0 Å². The molecule has 1 fully saturated rings. The second-order valence-corrected chi connectivity index (χ2v) is 4.97. The second-order valence-electron chi connectivity index (χ2n) is 3.59. The van der Waals surface area contributed by atoms with Crippen LogP contribution < -0.4 is 0 Å². The van der Waals surface area contributed by atoms with Crippen LogP contribution in [0.1, 0.15) is 13.8 Å². The average Bonchev–Trinajstić information content (AvgIpc) is 2.32. The third-order valence-electron chi connectivity index (χ3n) is 2.46. The van der Waals surface area contributed by atoms with Gasteiger partial charge in [0.05, 0.1) is 0 Å². The van der Waals surface area contributed by atoms with E-state index in [2.05, 4.69) is 0 Å². The molecule has 4 heteroatoms. The van der Waals surface area contributed by atoms with Crippen LogP contribution in [0.2, 0.25) is 0 Å². The van der Waals surface area contributed by atoms with E-state index in [-0.39, 0.29) is 27.0 Å². The van der Waals surface area contributed by atoms with Gasteiger partial charge in [-0.25, -0.2) is 0 Å². The van der Waals surface area contributed by atoms with Crippen LogP contribution in [-0.4, -0.2) is 5.24 Å². The molecule has 0 saturated heterocycles. The number of hydrogen-bond donors (Lipinski definition) is 0. The minimum absolute atomic E-state index is 0.0894. The lowest BCUT2D eigenvalue weighted by Crippen LogP contribution is -1.96. The molecule has 0 N–H and O–H groups in total. The first-order valence-electron chi connectivity index (χ1n) is 3.59. The van der Waals surface area contributed by atoms with Crippen molar-refractivity contribution in [3.8, 4) is 0 Å². The predicted molar refractivity (Wildman–Crippen MR) is 51.4 cm³/mol. The highest BCUT2D eigenvalue weighted by atomic mass is 35.5. The van der Waals surface area contributed by atoms with Gasteiger partial charge in [0.1, 0.15) is 4.49 Å². The summed E-state index contributed by atoms with van der Waals surface area (Å²) in [6, 6.07) is 0. The number of allylic oxidation sites excluding steroid dienone is 1. The van der Waals surface area contributed by atoms with Gasteiger partial charge in [-0.05, 0) is 29.0 Å². The minimum atomic E-state index is -0.309. The molecule has 1 saturated carbocycles. The predicted octanol–water partition coefficient (Wildman–Crippen LogP) is 3.34. The summed E-state index contributed by atoms with van der Waals surface area (Å²) in [4.78, 5) is 10.9. The van der Waals surface area contributed by atoms with Crippen molar-refractivity contribution in [1.29, 1.82) is 0 Å². The smallest absolute Gasteiger partial charge is 0.225 e. The monoisotopic (exact) mass is 226 g/mol. The summed E-state index contributed by atoms with van der Waals surface area (Å²) >= 11 is 16.3. The Balaban J connectivity index is 2.73. The Labute approximate surface area is 86.7 Å². The maximum Gasteiger partial charge on any atom is 0.225 e. The highest BCUT2D eigenvalue weighted by molar-refractivity contribution is 6.64. The number of carbonyl (C=O) groups is 1. The Morgan fingerprint density at radius 1 is 1.33 bits per heavy atom. The molecular formula is C8H9Cl3O. The molecule has 0 aromatic rings. The molecule has 1 rings (SSSR count). The number of hydrogen-bond acceptors (Lipinski definition) is 1. The van der Waals surface area contributed by atoms with Gasteiger partial charge < -0.3 is 0 Å². The van der Waals surface area contributed by atoms with Crippen molar-refractivity contribution in [3.05, 3.63) is 10.6 Å².